The molecule has 3 heterocycles. The van der Waals surface area contributed by atoms with Crippen molar-refractivity contribution in [1.82, 2.24) is 14.4 Å². The van der Waals surface area contributed by atoms with Crippen LogP contribution in [0.2, 0.25) is 0 Å². The summed E-state index contributed by atoms with van der Waals surface area (Å²) in [5, 5.41) is 3.35. The zero-order valence-corrected chi connectivity index (χ0v) is 15.5. The average molecular weight is 433 g/mol. The van der Waals surface area contributed by atoms with Crippen LogP contribution >= 0.6 is 11.3 Å². The Bertz CT molecular complexity index is 1140. The van der Waals surface area contributed by atoms with E-state index in [1.54, 1.807) is 0 Å². The van der Waals surface area contributed by atoms with Gasteiger partial charge in [-0.3, -0.25) is 0 Å². The first-order chi connectivity index (χ1) is 13.2. The molecule has 148 valence electrons. The zero-order valence-electron chi connectivity index (χ0n) is 13.9. The summed E-state index contributed by atoms with van der Waals surface area (Å²) in [5.74, 6) is -2.50. The molecule has 0 radical (unpaired) electrons. The SMILES string of the molecule is O=S(=O)(c1ccccc1F)N1CCc2sc(-c3noc(C(F)(F)F)n3)cc2C1. The summed E-state index contributed by atoms with van der Waals surface area (Å²) in [6, 6.07) is 6.63. The maximum Gasteiger partial charge on any atom is 0.471 e. The quantitative estimate of drug-likeness (QED) is 0.589. The second kappa shape index (κ2) is 6.64. The average Bonchev–Trinajstić information content (AvgIpc) is 3.27. The smallest absolute Gasteiger partial charge is 0.329 e. The van der Waals surface area contributed by atoms with Crippen LogP contribution in [0.1, 0.15) is 16.3 Å². The fourth-order valence-electron chi connectivity index (χ4n) is 2.85. The van der Waals surface area contributed by atoms with E-state index in [0.717, 1.165) is 15.2 Å². The first-order valence-corrected chi connectivity index (χ1v) is 10.2. The Morgan fingerprint density at radius 1 is 1.21 bits per heavy atom. The highest BCUT2D eigenvalue weighted by molar-refractivity contribution is 7.89. The molecule has 1 aliphatic heterocycles. The molecule has 12 heteroatoms. The molecule has 0 atom stereocenters. The molecular formula is C16H11F4N3O3S2. The molecule has 28 heavy (non-hydrogen) atoms. The molecule has 1 aromatic carbocycles. The second-order valence-electron chi connectivity index (χ2n) is 6.00. The third-order valence-corrected chi connectivity index (χ3v) is 7.29. The van der Waals surface area contributed by atoms with Crippen LogP contribution in [0.3, 0.4) is 0 Å². The van der Waals surface area contributed by atoms with Crippen molar-refractivity contribution >= 4 is 21.4 Å². The molecule has 0 saturated heterocycles. The van der Waals surface area contributed by atoms with Crippen molar-refractivity contribution in [2.24, 2.45) is 0 Å². The number of nitrogens with zero attached hydrogens (tertiary/aromatic N) is 3. The normalized spacial score (nSPS) is 15.6. The summed E-state index contributed by atoms with van der Waals surface area (Å²) >= 11 is 1.18. The Morgan fingerprint density at radius 3 is 2.64 bits per heavy atom. The highest BCUT2D eigenvalue weighted by atomic mass is 32.2. The molecule has 0 saturated carbocycles. The maximum absolute atomic E-state index is 13.9. The highest BCUT2D eigenvalue weighted by Gasteiger charge is 2.39. The van der Waals surface area contributed by atoms with Crippen LogP contribution in [-0.4, -0.2) is 29.4 Å². The predicted molar refractivity (Wildman–Crippen MR) is 90.3 cm³/mol. The van der Waals surface area contributed by atoms with E-state index in [2.05, 4.69) is 14.7 Å². The number of hydrogen-bond acceptors (Lipinski definition) is 6. The molecule has 0 bridgehead atoms. The molecule has 0 N–H and O–H groups in total. The van der Waals surface area contributed by atoms with Crippen LogP contribution in [0, 0.1) is 5.82 Å². The predicted octanol–water partition coefficient (Wildman–Crippen LogP) is 3.70. The lowest BCUT2D eigenvalue weighted by Crippen LogP contribution is -2.35. The van der Waals surface area contributed by atoms with Gasteiger partial charge in [-0.05, 0) is 30.2 Å². The van der Waals surface area contributed by atoms with Gasteiger partial charge >= 0.3 is 12.1 Å². The van der Waals surface area contributed by atoms with Gasteiger partial charge in [-0.25, -0.2) is 12.8 Å². The van der Waals surface area contributed by atoms with Gasteiger partial charge in [0.25, 0.3) is 0 Å². The van der Waals surface area contributed by atoms with Crippen molar-refractivity contribution in [3.8, 4) is 10.7 Å². The summed E-state index contributed by atoms with van der Waals surface area (Å²) in [6.45, 7) is 0.107. The third-order valence-electron chi connectivity index (χ3n) is 4.17. The number of thiophene rings is 1. The van der Waals surface area contributed by atoms with Crippen molar-refractivity contribution < 1.29 is 30.5 Å². The Morgan fingerprint density at radius 2 is 1.96 bits per heavy atom. The molecule has 6 nitrogen and oxygen atoms in total. The molecule has 0 spiro atoms. The maximum atomic E-state index is 13.9. The summed E-state index contributed by atoms with van der Waals surface area (Å²) < 4.78 is 82.6. The van der Waals surface area contributed by atoms with Gasteiger partial charge in [0.2, 0.25) is 15.8 Å². The first kappa shape index (κ1) is 19.0. The molecule has 4 rings (SSSR count). The monoisotopic (exact) mass is 433 g/mol. The molecule has 0 fully saturated rings. The van der Waals surface area contributed by atoms with E-state index >= 15 is 0 Å². The number of hydrogen-bond donors (Lipinski definition) is 0. The number of aromatic nitrogens is 2. The second-order valence-corrected chi connectivity index (χ2v) is 9.04. The first-order valence-electron chi connectivity index (χ1n) is 7.94. The van der Waals surface area contributed by atoms with Gasteiger partial charge < -0.3 is 4.52 Å². The van der Waals surface area contributed by atoms with Gasteiger partial charge in [-0.2, -0.15) is 22.5 Å². The largest absolute Gasteiger partial charge is 0.471 e. The number of sulfonamides is 1. The van der Waals surface area contributed by atoms with Crippen molar-refractivity contribution in [2.75, 3.05) is 6.54 Å². The molecular weight excluding hydrogens is 422 g/mol. The van der Waals surface area contributed by atoms with Gasteiger partial charge in [-0.1, -0.05) is 17.3 Å². The minimum Gasteiger partial charge on any atom is -0.329 e. The molecule has 0 aliphatic carbocycles. The number of benzene rings is 1. The van der Waals surface area contributed by atoms with E-state index in [4.69, 9.17) is 0 Å². The van der Waals surface area contributed by atoms with E-state index in [1.807, 2.05) is 0 Å². The van der Waals surface area contributed by atoms with Crippen LogP contribution < -0.4 is 0 Å². The molecule has 1 aliphatic rings. The van der Waals surface area contributed by atoms with Gasteiger partial charge in [-0.15, -0.1) is 11.3 Å². The van der Waals surface area contributed by atoms with Crippen molar-refractivity contribution in [3.05, 3.63) is 52.5 Å². The standard InChI is InChI=1S/C16H11F4N3O3S2/c17-10-3-1-2-4-13(10)28(24,25)23-6-5-11-9(8-23)7-12(27-11)14-21-15(26-22-14)16(18,19)20/h1-4,7H,5-6,8H2. The molecule has 0 amide bonds. The third kappa shape index (κ3) is 3.31. The van der Waals surface area contributed by atoms with E-state index < -0.39 is 32.8 Å². The molecule has 0 unspecified atom stereocenters. The topological polar surface area (TPSA) is 76.3 Å². The van der Waals surface area contributed by atoms with Gasteiger partial charge in [0.1, 0.15) is 10.7 Å². The van der Waals surface area contributed by atoms with Crippen LogP contribution in [0.25, 0.3) is 10.7 Å². The number of rotatable bonds is 3. The number of alkyl halides is 3. The molecule has 2 aromatic heterocycles. The summed E-state index contributed by atoms with van der Waals surface area (Å²) in [7, 11) is -4.04. The number of halogens is 4. The Labute approximate surface area is 160 Å². The summed E-state index contributed by atoms with van der Waals surface area (Å²) in [5.41, 5.74) is 0.615. The summed E-state index contributed by atoms with van der Waals surface area (Å²) in [6.07, 6.45) is -4.40. The van der Waals surface area contributed by atoms with E-state index in [9.17, 15) is 26.0 Å². The van der Waals surface area contributed by atoms with Gasteiger partial charge in [0.05, 0.1) is 4.88 Å². The lowest BCUT2D eigenvalue weighted by atomic mass is 10.1. The van der Waals surface area contributed by atoms with Crippen LogP contribution in [0.15, 0.2) is 39.8 Å². The fraction of sp³-hybridized carbons (Fsp3) is 0.250. The van der Waals surface area contributed by atoms with E-state index in [-0.39, 0.29) is 18.9 Å². The van der Waals surface area contributed by atoms with Crippen LogP contribution in [0.4, 0.5) is 17.6 Å². The lowest BCUT2D eigenvalue weighted by Gasteiger charge is -2.26. The minimum absolute atomic E-state index is 0.0213. The van der Waals surface area contributed by atoms with Crippen molar-refractivity contribution in [3.63, 3.8) is 0 Å². The Balaban J connectivity index is 1.62. The minimum atomic E-state index is -4.74. The van der Waals surface area contributed by atoms with Crippen LogP contribution in [0.5, 0.6) is 0 Å². The zero-order chi connectivity index (χ0) is 20.1. The fourth-order valence-corrected chi connectivity index (χ4v) is 5.43. The van der Waals surface area contributed by atoms with E-state index in [1.165, 1.54) is 35.6 Å². The lowest BCUT2D eigenvalue weighted by molar-refractivity contribution is -0.159. The van der Waals surface area contributed by atoms with Crippen LogP contribution in [-0.2, 0) is 29.2 Å². The molecule has 3 aromatic rings. The summed E-state index contributed by atoms with van der Waals surface area (Å²) in [4.78, 5) is 4.09. The van der Waals surface area contributed by atoms with Crippen molar-refractivity contribution in [2.45, 2.75) is 24.0 Å². The van der Waals surface area contributed by atoms with Gasteiger partial charge in [0, 0.05) is 18.0 Å². The van der Waals surface area contributed by atoms with Crippen molar-refractivity contribution in [1.29, 1.82) is 0 Å². The number of fused-ring (bicyclic) bond motifs is 1. The van der Waals surface area contributed by atoms with E-state index in [0.29, 0.717) is 16.9 Å². The Kier molecular flexibility index (Phi) is 4.51. The Hall–Kier alpha value is -2.31. The van der Waals surface area contributed by atoms with Gasteiger partial charge in [0.15, 0.2) is 0 Å². The highest BCUT2D eigenvalue weighted by Crippen LogP contribution is 2.36.